The molecule has 3 nitrogen and oxygen atoms in total. The summed E-state index contributed by atoms with van der Waals surface area (Å²) in [5.41, 5.74) is 0.934. The van der Waals surface area contributed by atoms with E-state index in [1.165, 1.54) is 17.7 Å². The molecule has 4 heteroatoms. The van der Waals surface area contributed by atoms with Crippen LogP contribution < -0.4 is 4.74 Å². The van der Waals surface area contributed by atoms with Gasteiger partial charge in [-0.1, -0.05) is 30.2 Å². The fourth-order valence-electron chi connectivity index (χ4n) is 4.66. The van der Waals surface area contributed by atoms with Gasteiger partial charge in [-0.25, -0.2) is 4.39 Å². The quantitative estimate of drug-likeness (QED) is 0.817. The molecule has 2 bridgehead atoms. The zero-order valence-electron chi connectivity index (χ0n) is 15.3. The Bertz CT molecular complexity index is 845. The van der Waals surface area contributed by atoms with E-state index in [2.05, 4.69) is 16.9 Å². The average molecular weight is 365 g/mol. The maximum atomic E-state index is 13.6. The van der Waals surface area contributed by atoms with Crippen LogP contribution in [0, 0.1) is 18.2 Å². The maximum Gasteiger partial charge on any atom is 0.148 e. The fourth-order valence-corrected chi connectivity index (χ4v) is 4.66. The number of halogens is 1. The average Bonchev–Trinajstić information content (AvgIpc) is 2.90. The summed E-state index contributed by atoms with van der Waals surface area (Å²) in [5, 5.41) is 11.2. The SMILES string of the molecule is C#CCOc1cccc(CN2[C@@H]3CC[C@@H]2CC(O)(c2cccc(F)c2)C3)c1. The van der Waals surface area contributed by atoms with E-state index >= 15 is 0 Å². The first-order valence-electron chi connectivity index (χ1n) is 9.47. The van der Waals surface area contributed by atoms with Crippen LogP contribution in [-0.2, 0) is 12.1 Å². The normalized spacial score (nSPS) is 27.3. The minimum absolute atomic E-state index is 0.263. The van der Waals surface area contributed by atoms with E-state index in [1.54, 1.807) is 6.07 Å². The highest BCUT2D eigenvalue weighted by Gasteiger charge is 2.48. The van der Waals surface area contributed by atoms with E-state index in [0.717, 1.165) is 25.1 Å². The number of hydrogen-bond donors (Lipinski definition) is 1. The lowest BCUT2D eigenvalue weighted by Crippen LogP contribution is -2.49. The molecule has 140 valence electrons. The van der Waals surface area contributed by atoms with E-state index in [1.807, 2.05) is 24.3 Å². The first-order chi connectivity index (χ1) is 13.1. The molecule has 0 aliphatic carbocycles. The number of rotatable bonds is 5. The topological polar surface area (TPSA) is 32.7 Å². The van der Waals surface area contributed by atoms with Gasteiger partial charge in [0.15, 0.2) is 0 Å². The Morgan fingerprint density at radius 2 is 1.89 bits per heavy atom. The van der Waals surface area contributed by atoms with Crippen molar-refractivity contribution < 1.29 is 14.2 Å². The molecular formula is C23H24FNO2. The van der Waals surface area contributed by atoms with Crippen LogP contribution >= 0.6 is 0 Å². The second kappa shape index (κ2) is 7.34. The fraction of sp³-hybridized carbons (Fsp3) is 0.391. The van der Waals surface area contributed by atoms with Crippen LogP contribution in [0.1, 0.15) is 36.8 Å². The molecule has 0 saturated carbocycles. The lowest BCUT2D eigenvalue weighted by atomic mass is 9.80. The van der Waals surface area contributed by atoms with Gasteiger partial charge < -0.3 is 9.84 Å². The number of piperidine rings is 1. The third-order valence-electron chi connectivity index (χ3n) is 5.87. The number of fused-ring (bicyclic) bond motifs is 2. The maximum absolute atomic E-state index is 13.6. The van der Waals surface area contributed by atoms with Gasteiger partial charge in [-0.15, -0.1) is 6.42 Å². The predicted molar refractivity (Wildman–Crippen MR) is 103 cm³/mol. The van der Waals surface area contributed by atoms with Gasteiger partial charge in [-0.05, 0) is 61.1 Å². The lowest BCUT2D eigenvalue weighted by molar-refractivity contribution is -0.0596. The number of aliphatic hydroxyl groups is 1. The van der Waals surface area contributed by atoms with Crippen LogP contribution in [0.15, 0.2) is 48.5 Å². The zero-order chi connectivity index (χ0) is 18.9. The summed E-state index contributed by atoms with van der Waals surface area (Å²) in [6, 6.07) is 15.0. The van der Waals surface area contributed by atoms with Crippen molar-refractivity contribution in [2.75, 3.05) is 6.61 Å². The minimum atomic E-state index is -0.942. The van der Waals surface area contributed by atoms with E-state index in [9.17, 15) is 9.50 Å². The molecular weight excluding hydrogens is 341 g/mol. The summed E-state index contributed by atoms with van der Waals surface area (Å²) < 4.78 is 19.2. The lowest BCUT2D eigenvalue weighted by Gasteiger charge is -2.44. The number of terminal acetylenes is 1. The Labute approximate surface area is 159 Å². The van der Waals surface area contributed by atoms with Gasteiger partial charge in [0.1, 0.15) is 18.2 Å². The summed E-state index contributed by atoms with van der Waals surface area (Å²) in [4.78, 5) is 2.48. The molecule has 0 amide bonds. The van der Waals surface area contributed by atoms with Gasteiger partial charge in [0.25, 0.3) is 0 Å². The Morgan fingerprint density at radius 1 is 1.15 bits per heavy atom. The van der Waals surface area contributed by atoms with Crippen LogP contribution in [0.3, 0.4) is 0 Å². The Balaban J connectivity index is 1.49. The van der Waals surface area contributed by atoms with Crippen LogP contribution in [-0.4, -0.2) is 28.7 Å². The van der Waals surface area contributed by atoms with Gasteiger partial charge in [-0.2, -0.15) is 0 Å². The Hall–Kier alpha value is -2.35. The van der Waals surface area contributed by atoms with E-state index in [0.29, 0.717) is 30.5 Å². The summed E-state index contributed by atoms with van der Waals surface area (Å²) in [6.07, 6.45) is 8.67. The molecule has 2 aliphatic rings. The van der Waals surface area contributed by atoms with Gasteiger partial charge in [-0.3, -0.25) is 4.90 Å². The molecule has 2 fully saturated rings. The second-order valence-corrected chi connectivity index (χ2v) is 7.65. The van der Waals surface area contributed by atoms with Crippen LogP contribution in [0.5, 0.6) is 5.75 Å². The molecule has 1 N–H and O–H groups in total. The van der Waals surface area contributed by atoms with Crippen molar-refractivity contribution >= 4 is 0 Å². The molecule has 2 aliphatic heterocycles. The highest BCUT2D eigenvalue weighted by atomic mass is 19.1. The zero-order valence-corrected chi connectivity index (χ0v) is 15.3. The van der Waals surface area contributed by atoms with Crippen LogP contribution in [0.4, 0.5) is 4.39 Å². The van der Waals surface area contributed by atoms with Crippen molar-refractivity contribution in [1.82, 2.24) is 4.90 Å². The smallest absolute Gasteiger partial charge is 0.148 e. The standard InChI is InChI=1S/C23H24FNO2/c1-2-11-27-22-8-3-5-17(12-22)16-25-20-9-10-21(25)15-23(26,14-20)18-6-4-7-19(24)13-18/h1,3-8,12-13,20-21,26H,9-11,14-16H2/t20-,21-/m1/s1. The molecule has 2 aromatic carbocycles. The summed E-state index contributed by atoms with van der Waals surface area (Å²) >= 11 is 0. The summed E-state index contributed by atoms with van der Waals surface area (Å²) in [5.74, 6) is 2.97. The number of benzene rings is 2. The Morgan fingerprint density at radius 3 is 2.59 bits per heavy atom. The van der Waals surface area contributed by atoms with Crippen LogP contribution in [0.2, 0.25) is 0 Å². The van der Waals surface area contributed by atoms with E-state index in [-0.39, 0.29) is 12.4 Å². The molecule has 0 spiro atoms. The molecule has 2 heterocycles. The molecule has 2 atom stereocenters. The van der Waals surface area contributed by atoms with Gasteiger partial charge in [0.2, 0.25) is 0 Å². The molecule has 4 rings (SSSR count). The molecule has 2 saturated heterocycles. The summed E-state index contributed by atoms with van der Waals surface area (Å²) in [6.45, 7) is 1.08. The van der Waals surface area contributed by atoms with Crippen molar-refractivity contribution in [3.8, 4) is 18.1 Å². The van der Waals surface area contributed by atoms with Gasteiger partial charge >= 0.3 is 0 Å². The Kier molecular flexibility index (Phi) is 4.90. The molecule has 27 heavy (non-hydrogen) atoms. The largest absolute Gasteiger partial charge is 0.481 e. The van der Waals surface area contributed by atoms with Crippen molar-refractivity contribution in [1.29, 1.82) is 0 Å². The second-order valence-electron chi connectivity index (χ2n) is 7.65. The molecule has 0 unspecified atom stereocenters. The van der Waals surface area contributed by atoms with Crippen molar-refractivity contribution in [3.05, 3.63) is 65.5 Å². The van der Waals surface area contributed by atoms with Crippen molar-refractivity contribution in [2.24, 2.45) is 0 Å². The highest BCUT2D eigenvalue weighted by Crippen LogP contribution is 2.46. The third-order valence-corrected chi connectivity index (χ3v) is 5.87. The van der Waals surface area contributed by atoms with Crippen molar-refractivity contribution in [3.63, 3.8) is 0 Å². The van der Waals surface area contributed by atoms with E-state index < -0.39 is 5.60 Å². The monoisotopic (exact) mass is 365 g/mol. The number of ether oxygens (including phenoxy) is 1. The first kappa shape index (κ1) is 18.0. The van der Waals surface area contributed by atoms with Gasteiger partial charge in [0, 0.05) is 18.6 Å². The molecule has 0 radical (unpaired) electrons. The number of hydrogen-bond acceptors (Lipinski definition) is 3. The number of nitrogens with zero attached hydrogens (tertiary/aromatic N) is 1. The van der Waals surface area contributed by atoms with E-state index in [4.69, 9.17) is 11.2 Å². The third kappa shape index (κ3) is 3.71. The van der Waals surface area contributed by atoms with Crippen molar-refractivity contribution in [2.45, 2.75) is 49.9 Å². The summed E-state index contributed by atoms with van der Waals surface area (Å²) in [7, 11) is 0. The molecule has 2 aromatic rings. The highest BCUT2D eigenvalue weighted by molar-refractivity contribution is 5.30. The minimum Gasteiger partial charge on any atom is -0.481 e. The van der Waals surface area contributed by atoms with Gasteiger partial charge in [0.05, 0.1) is 5.60 Å². The first-order valence-corrected chi connectivity index (χ1v) is 9.47. The van der Waals surface area contributed by atoms with Crippen LogP contribution in [0.25, 0.3) is 0 Å². The molecule has 0 aromatic heterocycles. The predicted octanol–water partition coefficient (Wildman–Crippen LogP) is 3.85.